The second-order valence-electron chi connectivity index (χ2n) is 2.72. The molecule has 2 atom stereocenters. The molecule has 1 fully saturated rings. The molecule has 3 nitrogen and oxygen atoms in total. The number of esters is 1. The van der Waals surface area contributed by atoms with E-state index in [1.54, 1.807) is 0 Å². The molecule has 1 aliphatic carbocycles. The Morgan fingerprint density at radius 1 is 1.60 bits per heavy atom. The predicted molar refractivity (Wildman–Crippen MR) is 37.3 cm³/mol. The van der Waals surface area contributed by atoms with Gasteiger partial charge in [0.25, 0.3) is 0 Å². The van der Waals surface area contributed by atoms with Crippen LogP contribution in [0.15, 0.2) is 0 Å². The number of nitrogens with two attached hydrogens (primary N) is 1. The van der Waals surface area contributed by atoms with Gasteiger partial charge in [-0.15, -0.1) is 0 Å². The predicted octanol–water partition coefficient (Wildman–Crippen LogP) is 0.287. The molecule has 0 aromatic heterocycles. The number of methoxy groups -OCH3 is 1. The van der Waals surface area contributed by atoms with E-state index in [9.17, 15) is 4.79 Å². The molecule has 1 aliphatic rings. The summed E-state index contributed by atoms with van der Waals surface area (Å²) < 4.78 is 4.59. The lowest BCUT2D eigenvalue weighted by molar-refractivity contribution is -0.145. The Labute approximate surface area is 60.5 Å². The van der Waals surface area contributed by atoms with Gasteiger partial charge in [0, 0.05) is 6.04 Å². The molecule has 0 aromatic rings. The van der Waals surface area contributed by atoms with Crippen LogP contribution in [0.2, 0.25) is 0 Å². The third-order valence-corrected chi connectivity index (χ3v) is 2.07. The van der Waals surface area contributed by atoms with Crippen molar-refractivity contribution in [2.24, 2.45) is 11.7 Å². The first-order chi connectivity index (χ1) is 4.75. The molecule has 0 aliphatic heterocycles. The molecule has 0 heterocycles. The minimum absolute atomic E-state index is 0.0347. The largest absolute Gasteiger partial charge is 0.469 e. The van der Waals surface area contributed by atoms with E-state index in [2.05, 4.69) is 4.74 Å². The maximum atomic E-state index is 10.9. The molecule has 0 unspecified atom stereocenters. The van der Waals surface area contributed by atoms with Gasteiger partial charge in [-0.1, -0.05) is 6.42 Å². The summed E-state index contributed by atoms with van der Waals surface area (Å²) in [7, 11) is 1.41. The molecule has 58 valence electrons. The Kier molecular flexibility index (Phi) is 2.27. The minimum Gasteiger partial charge on any atom is -0.469 e. The van der Waals surface area contributed by atoms with Crippen LogP contribution >= 0.6 is 0 Å². The van der Waals surface area contributed by atoms with E-state index < -0.39 is 0 Å². The van der Waals surface area contributed by atoms with Crippen molar-refractivity contribution >= 4 is 5.97 Å². The highest BCUT2D eigenvalue weighted by atomic mass is 16.5. The van der Waals surface area contributed by atoms with Crippen LogP contribution in [-0.2, 0) is 9.53 Å². The molecule has 1 rings (SSSR count). The molecule has 0 amide bonds. The van der Waals surface area contributed by atoms with Crippen molar-refractivity contribution in [1.29, 1.82) is 0 Å². The van der Waals surface area contributed by atoms with Crippen LogP contribution in [0.4, 0.5) is 0 Å². The molecular formula is C7H13NO2. The number of carbonyl (C=O) groups is 1. The standard InChI is InChI=1S/C7H13NO2/c1-10-7(9)5-3-2-4-6(5)8/h5-6H,2-4,8H2,1H3/t5-,6-/m1/s1. The Hall–Kier alpha value is -0.570. The third-order valence-electron chi connectivity index (χ3n) is 2.07. The highest BCUT2D eigenvalue weighted by molar-refractivity contribution is 5.73. The summed E-state index contributed by atoms with van der Waals surface area (Å²) in [5.41, 5.74) is 5.65. The highest BCUT2D eigenvalue weighted by Gasteiger charge is 2.30. The van der Waals surface area contributed by atoms with Crippen molar-refractivity contribution in [2.45, 2.75) is 25.3 Å². The van der Waals surface area contributed by atoms with Crippen LogP contribution in [0.1, 0.15) is 19.3 Å². The van der Waals surface area contributed by atoms with E-state index in [0.717, 1.165) is 19.3 Å². The topological polar surface area (TPSA) is 52.3 Å². The summed E-state index contributed by atoms with van der Waals surface area (Å²) in [6, 6.07) is 0.0347. The maximum Gasteiger partial charge on any atom is 0.310 e. The lowest BCUT2D eigenvalue weighted by Gasteiger charge is -2.11. The van der Waals surface area contributed by atoms with E-state index in [-0.39, 0.29) is 17.9 Å². The molecule has 10 heavy (non-hydrogen) atoms. The van der Waals surface area contributed by atoms with E-state index in [1.807, 2.05) is 0 Å². The van der Waals surface area contributed by atoms with Gasteiger partial charge in [-0.25, -0.2) is 0 Å². The van der Waals surface area contributed by atoms with Gasteiger partial charge in [-0.2, -0.15) is 0 Å². The number of carbonyl (C=O) groups excluding carboxylic acids is 1. The first kappa shape index (κ1) is 7.54. The summed E-state index contributed by atoms with van der Waals surface area (Å²) in [6.45, 7) is 0. The molecule has 3 heteroatoms. The summed E-state index contributed by atoms with van der Waals surface area (Å²) >= 11 is 0. The van der Waals surface area contributed by atoms with Crippen LogP contribution in [0.25, 0.3) is 0 Å². The van der Waals surface area contributed by atoms with Crippen LogP contribution in [0, 0.1) is 5.92 Å². The van der Waals surface area contributed by atoms with Crippen LogP contribution < -0.4 is 5.73 Å². The van der Waals surface area contributed by atoms with E-state index >= 15 is 0 Å². The lowest BCUT2D eigenvalue weighted by atomic mass is 10.1. The van der Waals surface area contributed by atoms with Crippen molar-refractivity contribution in [3.05, 3.63) is 0 Å². The summed E-state index contributed by atoms with van der Waals surface area (Å²) in [5, 5.41) is 0. The van der Waals surface area contributed by atoms with Crippen molar-refractivity contribution < 1.29 is 9.53 Å². The van der Waals surface area contributed by atoms with E-state index in [4.69, 9.17) is 5.73 Å². The minimum atomic E-state index is -0.148. The van der Waals surface area contributed by atoms with Crippen LogP contribution in [0.5, 0.6) is 0 Å². The fourth-order valence-corrected chi connectivity index (χ4v) is 1.43. The normalized spacial score (nSPS) is 32.2. The Morgan fingerprint density at radius 2 is 2.30 bits per heavy atom. The van der Waals surface area contributed by atoms with Gasteiger partial charge in [-0.3, -0.25) is 4.79 Å². The molecule has 0 bridgehead atoms. The molecule has 0 spiro atoms. The van der Waals surface area contributed by atoms with E-state index in [0.29, 0.717) is 0 Å². The van der Waals surface area contributed by atoms with Gasteiger partial charge >= 0.3 is 5.97 Å². The first-order valence-corrected chi connectivity index (χ1v) is 3.59. The maximum absolute atomic E-state index is 10.9. The third kappa shape index (κ3) is 1.29. The monoisotopic (exact) mass is 143 g/mol. The first-order valence-electron chi connectivity index (χ1n) is 3.59. The number of rotatable bonds is 1. The SMILES string of the molecule is COC(=O)[C@@H]1CCC[C@H]1N. The number of ether oxygens (including phenoxy) is 1. The van der Waals surface area contributed by atoms with Crippen molar-refractivity contribution in [3.63, 3.8) is 0 Å². The zero-order chi connectivity index (χ0) is 7.56. The summed E-state index contributed by atoms with van der Waals surface area (Å²) in [4.78, 5) is 10.9. The molecular weight excluding hydrogens is 130 g/mol. The van der Waals surface area contributed by atoms with Crippen molar-refractivity contribution in [3.8, 4) is 0 Å². The van der Waals surface area contributed by atoms with Gasteiger partial charge < -0.3 is 10.5 Å². The molecule has 0 aromatic carbocycles. The molecule has 1 saturated carbocycles. The fraction of sp³-hybridized carbons (Fsp3) is 0.857. The van der Waals surface area contributed by atoms with Crippen molar-refractivity contribution in [2.75, 3.05) is 7.11 Å². The van der Waals surface area contributed by atoms with Gasteiger partial charge in [-0.05, 0) is 12.8 Å². The summed E-state index contributed by atoms with van der Waals surface area (Å²) in [5.74, 6) is -0.185. The molecule has 0 saturated heterocycles. The molecule has 2 N–H and O–H groups in total. The average Bonchev–Trinajstić information content (AvgIpc) is 2.34. The average molecular weight is 143 g/mol. The van der Waals surface area contributed by atoms with Gasteiger partial charge in [0.1, 0.15) is 0 Å². The van der Waals surface area contributed by atoms with Crippen LogP contribution in [-0.4, -0.2) is 19.1 Å². The zero-order valence-electron chi connectivity index (χ0n) is 6.17. The van der Waals surface area contributed by atoms with Crippen molar-refractivity contribution in [1.82, 2.24) is 0 Å². The Bertz CT molecular complexity index is 136. The quantitative estimate of drug-likeness (QED) is 0.537. The fourth-order valence-electron chi connectivity index (χ4n) is 1.43. The highest BCUT2D eigenvalue weighted by Crippen LogP contribution is 2.24. The number of hydrogen-bond donors (Lipinski definition) is 1. The van der Waals surface area contributed by atoms with Gasteiger partial charge in [0.05, 0.1) is 13.0 Å². The summed E-state index contributed by atoms with van der Waals surface area (Å²) in [6.07, 6.45) is 2.91. The Balaban J connectivity index is 2.46. The second-order valence-corrected chi connectivity index (χ2v) is 2.72. The molecule has 0 radical (unpaired) electrons. The lowest BCUT2D eigenvalue weighted by Crippen LogP contribution is -2.31. The van der Waals surface area contributed by atoms with E-state index in [1.165, 1.54) is 7.11 Å². The number of hydrogen-bond acceptors (Lipinski definition) is 3. The smallest absolute Gasteiger partial charge is 0.310 e. The van der Waals surface area contributed by atoms with Gasteiger partial charge in [0.15, 0.2) is 0 Å². The second kappa shape index (κ2) is 3.01. The zero-order valence-corrected chi connectivity index (χ0v) is 6.17. The Morgan fingerprint density at radius 3 is 2.70 bits per heavy atom. The van der Waals surface area contributed by atoms with Crippen LogP contribution in [0.3, 0.4) is 0 Å². The van der Waals surface area contributed by atoms with Gasteiger partial charge in [0.2, 0.25) is 0 Å².